The Morgan fingerprint density at radius 2 is 1.67 bits per heavy atom. The number of halogens is 1. The standard InChI is InChI=1S/C19H21FN2O2/c1-13-7-6-8-14(2)19(13)21-17(23)12-22(3)18(24)11-15-9-4-5-10-16(15)20/h4-10H,11-12H2,1-3H3,(H,21,23). The van der Waals surface area contributed by atoms with E-state index in [4.69, 9.17) is 0 Å². The molecule has 0 fully saturated rings. The molecule has 0 atom stereocenters. The fourth-order valence-electron chi connectivity index (χ4n) is 2.43. The Balaban J connectivity index is 1.96. The molecule has 0 spiro atoms. The lowest BCUT2D eigenvalue weighted by Crippen LogP contribution is -2.36. The van der Waals surface area contributed by atoms with E-state index in [-0.39, 0.29) is 24.8 Å². The van der Waals surface area contributed by atoms with Gasteiger partial charge in [0.15, 0.2) is 0 Å². The SMILES string of the molecule is Cc1cccc(C)c1NC(=O)CN(C)C(=O)Cc1ccccc1F. The van der Waals surface area contributed by atoms with Crippen LogP contribution in [0.2, 0.25) is 0 Å². The Bertz CT molecular complexity index is 739. The molecule has 0 saturated heterocycles. The average Bonchev–Trinajstić information content (AvgIpc) is 2.53. The normalized spacial score (nSPS) is 10.3. The highest BCUT2D eigenvalue weighted by molar-refractivity contribution is 5.95. The third-order valence-electron chi connectivity index (χ3n) is 3.85. The molecule has 0 heterocycles. The van der Waals surface area contributed by atoms with Gasteiger partial charge in [0.05, 0.1) is 13.0 Å². The number of hydrogen-bond donors (Lipinski definition) is 1. The Kier molecular flexibility index (Phi) is 5.68. The number of carbonyl (C=O) groups is 2. The number of likely N-dealkylation sites (N-methyl/N-ethyl adjacent to an activating group) is 1. The van der Waals surface area contributed by atoms with Gasteiger partial charge in [-0.1, -0.05) is 36.4 Å². The first-order valence-electron chi connectivity index (χ1n) is 7.72. The maximum Gasteiger partial charge on any atom is 0.243 e. The molecule has 2 amide bonds. The Hall–Kier alpha value is -2.69. The fourth-order valence-corrected chi connectivity index (χ4v) is 2.43. The molecule has 2 rings (SSSR count). The minimum atomic E-state index is -0.417. The number of rotatable bonds is 5. The maximum absolute atomic E-state index is 13.6. The lowest BCUT2D eigenvalue weighted by atomic mass is 10.1. The molecule has 126 valence electrons. The predicted octanol–water partition coefficient (Wildman–Crippen LogP) is 3.08. The molecule has 0 saturated carbocycles. The number of nitrogens with zero attached hydrogens (tertiary/aromatic N) is 1. The van der Waals surface area contributed by atoms with E-state index >= 15 is 0 Å². The summed E-state index contributed by atoms with van der Waals surface area (Å²) >= 11 is 0. The number of aryl methyl sites for hydroxylation is 2. The molecule has 2 aromatic carbocycles. The zero-order valence-corrected chi connectivity index (χ0v) is 14.1. The molecule has 4 nitrogen and oxygen atoms in total. The fraction of sp³-hybridized carbons (Fsp3) is 0.263. The van der Waals surface area contributed by atoms with Crippen molar-refractivity contribution in [2.75, 3.05) is 18.9 Å². The summed E-state index contributed by atoms with van der Waals surface area (Å²) in [6.07, 6.45) is -0.0696. The number of carbonyl (C=O) groups excluding carboxylic acids is 2. The number of hydrogen-bond acceptors (Lipinski definition) is 2. The topological polar surface area (TPSA) is 49.4 Å². The molecule has 1 N–H and O–H groups in total. The van der Waals surface area contributed by atoms with Crippen molar-refractivity contribution in [1.82, 2.24) is 4.90 Å². The highest BCUT2D eigenvalue weighted by Crippen LogP contribution is 2.19. The van der Waals surface area contributed by atoms with Gasteiger partial charge >= 0.3 is 0 Å². The van der Waals surface area contributed by atoms with Crippen LogP contribution in [-0.4, -0.2) is 30.3 Å². The van der Waals surface area contributed by atoms with Crippen LogP contribution >= 0.6 is 0 Å². The minimum Gasteiger partial charge on any atom is -0.336 e. The van der Waals surface area contributed by atoms with E-state index in [1.165, 1.54) is 18.0 Å². The summed E-state index contributed by atoms with van der Waals surface area (Å²) in [7, 11) is 1.54. The molecule has 5 heteroatoms. The van der Waals surface area contributed by atoms with Gasteiger partial charge in [-0.15, -0.1) is 0 Å². The Labute approximate surface area is 141 Å². The largest absolute Gasteiger partial charge is 0.336 e. The summed E-state index contributed by atoms with van der Waals surface area (Å²) in [4.78, 5) is 25.6. The van der Waals surface area contributed by atoms with E-state index in [0.717, 1.165) is 16.8 Å². The van der Waals surface area contributed by atoms with Gasteiger partial charge in [-0.05, 0) is 36.6 Å². The van der Waals surface area contributed by atoms with Crippen LogP contribution in [0.1, 0.15) is 16.7 Å². The van der Waals surface area contributed by atoms with Crippen LogP contribution in [0.25, 0.3) is 0 Å². The van der Waals surface area contributed by atoms with E-state index in [2.05, 4.69) is 5.32 Å². The zero-order valence-electron chi connectivity index (χ0n) is 14.1. The Morgan fingerprint density at radius 1 is 1.04 bits per heavy atom. The first-order chi connectivity index (χ1) is 11.4. The molecule has 0 radical (unpaired) electrons. The lowest BCUT2D eigenvalue weighted by Gasteiger charge is -2.18. The minimum absolute atomic E-state index is 0.0696. The van der Waals surface area contributed by atoms with E-state index in [0.29, 0.717) is 5.56 Å². The predicted molar refractivity (Wildman–Crippen MR) is 92.3 cm³/mol. The van der Waals surface area contributed by atoms with Crippen molar-refractivity contribution in [2.45, 2.75) is 20.3 Å². The van der Waals surface area contributed by atoms with Crippen molar-refractivity contribution in [1.29, 1.82) is 0 Å². The molecular weight excluding hydrogens is 307 g/mol. The third-order valence-corrected chi connectivity index (χ3v) is 3.85. The molecule has 0 unspecified atom stereocenters. The van der Waals surface area contributed by atoms with Crippen molar-refractivity contribution in [3.05, 3.63) is 65.0 Å². The van der Waals surface area contributed by atoms with Crippen LogP contribution in [0.4, 0.5) is 10.1 Å². The van der Waals surface area contributed by atoms with Gasteiger partial charge in [0.25, 0.3) is 0 Å². The van der Waals surface area contributed by atoms with Gasteiger partial charge in [-0.25, -0.2) is 4.39 Å². The van der Waals surface area contributed by atoms with Gasteiger partial charge in [0.1, 0.15) is 5.82 Å². The van der Waals surface area contributed by atoms with Crippen molar-refractivity contribution in [2.24, 2.45) is 0 Å². The number of benzene rings is 2. The zero-order chi connectivity index (χ0) is 17.7. The summed E-state index contributed by atoms with van der Waals surface area (Å²) in [5, 5.41) is 2.83. The summed E-state index contributed by atoms with van der Waals surface area (Å²) < 4.78 is 13.6. The van der Waals surface area contributed by atoms with Gasteiger partial charge in [0, 0.05) is 12.7 Å². The highest BCUT2D eigenvalue weighted by Gasteiger charge is 2.16. The summed E-state index contributed by atoms with van der Waals surface area (Å²) in [5.74, 6) is -1.01. The highest BCUT2D eigenvalue weighted by atomic mass is 19.1. The van der Waals surface area contributed by atoms with Crippen LogP contribution in [0.3, 0.4) is 0 Å². The summed E-state index contributed by atoms with van der Waals surface area (Å²) in [6, 6.07) is 11.9. The van der Waals surface area contributed by atoms with Gasteiger partial charge in [-0.3, -0.25) is 9.59 Å². The number of nitrogens with one attached hydrogen (secondary N) is 1. The number of para-hydroxylation sites is 1. The molecule has 0 aliphatic rings. The molecule has 0 aromatic heterocycles. The van der Waals surface area contributed by atoms with Crippen LogP contribution in [0, 0.1) is 19.7 Å². The van der Waals surface area contributed by atoms with Crippen molar-refractivity contribution in [3.63, 3.8) is 0 Å². The van der Waals surface area contributed by atoms with Crippen LogP contribution in [-0.2, 0) is 16.0 Å². The number of amides is 2. The first kappa shape index (κ1) is 17.7. The number of anilines is 1. The third kappa shape index (κ3) is 4.41. The van der Waals surface area contributed by atoms with Gasteiger partial charge in [0.2, 0.25) is 11.8 Å². The van der Waals surface area contributed by atoms with Crippen molar-refractivity contribution < 1.29 is 14.0 Å². The summed E-state index contributed by atoms with van der Waals surface area (Å²) in [5.41, 5.74) is 3.01. The van der Waals surface area contributed by atoms with Crippen LogP contribution in [0.15, 0.2) is 42.5 Å². The second-order valence-corrected chi connectivity index (χ2v) is 5.83. The molecular formula is C19H21FN2O2. The van der Waals surface area contributed by atoms with Crippen molar-refractivity contribution in [3.8, 4) is 0 Å². The molecule has 2 aromatic rings. The second-order valence-electron chi connectivity index (χ2n) is 5.83. The first-order valence-corrected chi connectivity index (χ1v) is 7.72. The van der Waals surface area contributed by atoms with E-state index < -0.39 is 5.82 Å². The second kappa shape index (κ2) is 7.73. The maximum atomic E-state index is 13.6. The molecule has 24 heavy (non-hydrogen) atoms. The van der Waals surface area contributed by atoms with Gasteiger partial charge < -0.3 is 10.2 Å². The van der Waals surface area contributed by atoms with Crippen LogP contribution in [0.5, 0.6) is 0 Å². The average molecular weight is 328 g/mol. The van der Waals surface area contributed by atoms with Crippen molar-refractivity contribution >= 4 is 17.5 Å². The van der Waals surface area contributed by atoms with E-state index in [9.17, 15) is 14.0 Å². The summed E-state index contributed by atoms with van der Waals surface area (Å²) in [6.45, 7) is 3.74. The molecule has 0 aliphatic heterocycles. The smallest absolute Gasteiger partial charge is 0.243 e. The van der Waals surface area contributed by atoms with Gasteiger partial charge in [-0.2, -0.15) is 0 Å². The quantitative estimate of drug-likeness (QED) is 0.917. The lowest BCUT2D eigenvalue weighted by molar-refractivity contribution is -0.132. The van der Waals surface area contributed by atoms with Crippen LogP contribution < -0.4 is 5.32 Å². The van der Waals surface area contributed by atoms with E-state index in [1.807, 2.05) is 32.0 Å². The Morgan fingerprint density at radius 3 is 2.29 bits per heavy atom. The molecule has 0 aliphatic carbocycles. The van der Waals surface area contributed by atoms with E-state index in [1.54, 1.807) is 18.2 Å². The monoisotopic (exact) mass is 328 g/mol. The molecule has 0 bridgehead atoms.